The van der Waals surface area contributed by atoms with Crippen LogP contribution in [0.3, 0.4) is 0 Å². The minimum atomic E-state index is -1.28. The van der Waals surface area contributed by atoms with Crippen molar-refractivity contribution in [2.24, 2.45) is 5.73 Å². The quantitative estimate of drug-likeness (QED) is 0.675. The summed E-state index contributed by atoms with van der Waals surface area (Å²) in [4.78, 5) is 12.7. The summed E-state index contributed by atoms with van der Waals surface area (Å²) in [6.07, 6.45) is -0.933. The Kier molecular flexibility index (Phi) is 3.79. The highest BCUT2D eigenvalue weighted by Crippen LogP contribution is 2.46. The van der Waals surface area contributed by atoms with Gasteiger partial charge >= 0.3 is 5.63 Å². The van der Waals surface area contributed by atoms with Crippen molar-refractivity contribution in [3.63, 3.8) is 0 Å². The van der Waals surface area contributed by atoms with Crippen LogP contribution in [-0.2, 0) is 14.9 Å². The maximum absolute atomic E-state index is 12.7. The highest BCUT2D eigenvalue weighted by molar-refractivity contribution is 5.86. The molecule has 7 heteroatoms. The predicted molar refractivity (Wildman–Crippen MR) is 85.1 cm³/mol. The van der Waals surface area contributed by atoms with Gasteiger partial charge in [0.25, 0.3) is 0 Å². The molecule has 2 N–H and O–H groups in total. The number of nitrogens with two attached hydrogens (primary N) is 1. The van der Waals surface area contributed by atoms with E-state index in [1.165, 1.54) is 14.2 Å². The van der Waals surface area contributed by atoms with E-state index >= 15 is 0 Å². The Balaban J connectivity index is 2.46. The molecule has 0 radical (unpaired) electrons. The molecule has 2 aromatic rings. The molecule has 0 saturated heterocycles. The molecule has 3 rings (SSSR count). The Labute approximate surface area is 137 Å². The summed E-state index contributed by atoms with van der Waals surface area (Å²) >= 11 is 0. The largest absolute Gasteiger partial charge is 0.439 e. The SMILES string of the molecule is COC(OC)[C@]1(C)C(C#N)=C(N)Oc2c1c(=O)oc1ccccc21. The number of fused-ring (bicyclic) bond motifs is 3. The van der Waals surface area contributed by atoms with Crippen LogP contribution in [0.15, 0.2) is 44.9 Å². The molecule has 7 nitrogen and oxygen atoms in total. The standard InChI is InChI=1S/C17H16N2O5/c1-17(16(21-2)22-3)10(8-18)14(19)24-13-9-6-4-5-7-11(9)23-15(20)12(13)17/h4-7,16H,19H2,1-3H3/t17-/m1/s1. The molecule has 1 atom stereocenters. The lowest BCUT2D eigenvalue weighted by Gasteiger charge is -2.38. The zero-order valence-corrected chi connectivity index (χ0v) is 13.5. The van der Waals surface area contributed by atoms with Gasteiger partial charge < -0.3 is 24.4 Å². The molecule has 1 aliphatic heterocycles. The molecule has 1 aliphatic rings. The first kappa shape index (κ1) is 16.1. The van der Waals surface area contributed by atoms with Crippen LogP contribution in [-0.4, -0.2) is 20.5 Å². The topological polar surface area (TPSA) is 108 Å². The Bertz CT molecular complexity index is 936. The number of nitrogens with zero attached hydrogens (tertiary/aromatic N) is 1. The van der Waals surface area contributed by atoms with Crippen LogP contribution in [0.4, 0.5) is 0 Å². The monoisotopic (exact) mass is 328 g/mol. The molecule has 0 bridgehead atoms. The fourth-order valence-corrected chi connectivity index (χ4v) is 3.19. The molecule has 1 aromatic heterocycles. The maximum atomic E-state index is 12.7. The lowest BCUT2D eigenvalue weighted by Crippen LogP contribution is -2.47. The fraction of sp³-hybridized carbons (Fsp3) is 0.294. The van der Waals surface area contributed by atoms with Gasteiger partial charge in [-0.3, -0.25) is 0 Å². The summed E-state index contributed by atoms with van der Waals surface area (Å²) in [7, 11) is 2.84. The van der Waals surface area contributed by atoms with E-state index in [2.05, 4.69) is 0 Å². The van der Waals surface area contributed by atoms with Crippen molar-refractivity contribution < 1.29 is 18.6 Å². The Morgan fingerprint density at radius 1 is 1.29 bits per heavy atom. The van der Waals surface area contributed by atoms with E-state index in [0.29, 0.717) is 11.0 Å². The number of methoxy groups -OCH3 is 2. The highest BCUT2D eigenvalue weighted by Gasteiger charge is 2.50. The molecule has 2 heterocycles. The van der Waals surface area contributed by atoms with Crippen molar-refractivity contribution in [1.29, 1.82) is 5.26 Å². The van der Waals surface area contributed by atoms with Gasteiger partial charge in [0.1, 0.15) is 17.2 Å². The third kappa shape index (κ3) is 2.01. The van der Waals surface area contributed by atoms with Crippen LogP contribution in [0.2, 0.25) is 0 Å². The van der Waals surface area contributed by atoms with Crippen LogP contribution >= 0.6 is 0 Å². The first-order chi connectivity index (χ1) is 11.5. The first-order valence-corrected chi connectivity index (χ1v) is 7.19. The number of para-hydroxylation sites is 1. The first-order valence-electron chi connectivity index (χ1n) is 7.19. The molecular weight excluding hydrogens is 312 g/mol. The second kappa shape index (κ2) is 5.67. The van der Waals surface area contributed by atoms with E-state index in [0.717, 1.165) is 0 Å². The second-order valence-corrected chi connectivity index (χ2v) is 5.55. The number of hydrogen-bond donors (Lipinski definition) is 1. The number of nitriles is 1. The van der Waals surface area contributed by atoms with E-state index in [4.69, 9.17) is 24.4 Å². The lowest BCUT2D eigenvalue weighted by molar-refractivity contribution is -0.138. The number of ether oxygens (including phenoxy) is 3. The Morgan fingerprint density at radius 2 is 1.96 bits per heavy atom. The van der Waals surface area contributed by atoms with E-state index in [9.17, 15) is 10.1 Å². The summed E-state index contributed by atoms with van der Waals surface area (Å²) in [6.45, 7) is 1.64. The van der Waals surface area contributed by atoms with E-state index in [-0.39, 0.29) is 22.8 Å². The Morgan fingerprint density at radius 3 is 2.58 bits per heavy atom. The van der Waals surface area contributed by atoms with Gasteiger partial charge in [-0.1, -0.05) is 12.1 Å². The molecule has 24 heavy (non-hydrogen) atoms. The summed E-state index contributed by atoms with van der Waals surface area (Å²) in [6, 6.07) is 8.93. The molecular formula is C17H16N2O5. The van der Waals surface area contributed by atoms with Crippen molar-refractivity contribution in [2.75, 3.05) is 14.2 Å². The number of benzene rings is 1. The number of rotatable bonds is 3. The van der Waals surface area contributed by atoms with Crippen molar-refractivity contribution in [2.45, 2.75) is 18.6 Å². The second-order valence-electron chi connectivity index (χ2n) is 5.55. The minimum Gasteiger partial charge on any atom is -0.439 e. The zero-order valence-electron chi connectivity index (χ0n) is 13.5. The minimum absolute atomic E-state index is 0.0475. The van der Waals surface area contributed by atoms with Crippen molar-refractivity contribution in [3.8, 4) is 11.8 Å². The van der Waals surface area contributed by atoms with Gasteiger partial charge in [-0.05, 0) is 19.1 Å². The van der Waals surface area contributed by atoms with Gasteiger partial charge in [-0.25, -0.2) is 4.79 Å². The van der Waals surface area contributed by atoms with E-state index in [1.54, 1.807) is 31.2 Å². The average Bonchev–Trinajstić information content (AvgIpc) is 2.55. The number of hydrogen-bond acceptors (Lipinski definition) is 7. The van der Waals surface area contributed by atoms with Gasteiger partial charge in [0.2, 0.25) is 5.88 Å². The molecule has 0 unspecified atom stereocenters. The summed E-state index contributed by atoms with van der Waals surface area (Å²) in [5.74, 6) is 0.155. The molecule has 0 amide bonds. The summed E-state index contributed by atoms with van der Waals surface area (Å²) in [5, 5.41) is 10.1. The van der Waals surface area contributed by atoms with Crippen LogP contribution in [0, 0.1) is 11.3 Å². The molecule has 0 saturated carbocycles. The van der Waals surface area contributed by atoms with Crippen LogP contribution < -0.4 is 16.1 Å². The van der Waals surface area contributed by atoms with Gasteiger partial charge in [0, 0.05) is 14.2 Å². The van der Waals surface area contributed by atoms with Gasteiger partial charge in [0.05, 0.1) is 16.4 Å². The third-order valence-corrected chi connectivity index (χ3v) is 4.27. The van der Waals surface area contributed by atoms with Gasteiger partial charge in [0.15, 0.2) is 12.0 Å². The normalized spacial score (nSPS) is 20.0. The molecule has 0 spiro atoms. The van der Waals surface area contributed by atoms with E-state index in [1.807, 2.05) is 6.07 Å². The van der Waals surface area contributed by atoms with E-state index < -0.39 is 17.3 Å². The smallest absolute Gasteiger partial charge is 0.344 e. The summed E-state index contributed by atoms with van der Waals surface area (Å²) in [5.41, 5.74) is 4.60. The third-order valence-electron chi connectivity index (χ3n) is 4.27. The highest BCUT2D eigenvalue weighted by atomic mass is 16.7. The van der Waals surface area contributed by atoms with Crippen LogP contribution in [0.5, 0.6) is 5.75 Å². The van der Waals surface area contributed by atoms with Crippen LogP contribution in [0.25, 0.3) is 11.0 Å². The average molecular weight is 328 g/mol. The fourth-order valence-electron chi connectivity index (χ4n) is 3.19. The molecule has 124 valence electrons. The molecule has 0 fully saturated rings. The predicted octanol–water partition coefficient (Wildman–Crippen LogP) is 1.76. The molecule has 1 aromatic carbocycles. The molecule has 0 aliphatic carbocycles. The van der Waals surface area contributed by atoms with Crippen molar-refractivity contribution >= 4 is 11.0 Å². The zero-order chi connectivity index (χ0) is 17.5. The van der Waals surface area contributed by atoms with Crippen molar-refractivity contribution in [3.05, 3.63) is 51.7 Å². The summed E-state index contributed by atoms with van der Waals surface area (Å²) < 4.78 is 21.7. The van der Waals surface area contributed by atoms with Gasteiger partial charge in [-0.2, -0.15) is 5.26 Å². The lowest BCUT2D eigenvalue weighted by atomic mass is 9.74. The Hall–Kier alpha value is -2.82. The van der Waals surface area contributed by atoms with Gasteiger partial charge in [-0.15, -0.1) is 0 Å². The maximum Gasteiger partial charge on any atom is 0.344 e. The van der Waals surface area contributed by atoms with Crippen molar-refractivity contribution in [1.82, 2.24) is 0 Å². The van der Waals surface area contributed by atoms with Crippen LogP contribution in [0.1, 0.15) is 12.5 Å².